The largest absolute Gasteiger partial charge is 0.0654 e. The molecule has 0 saturated heterocycles. The standard InChI is InChI=1S/C29H60/c1-11-14-18-25(24(4)5)20-16-17-21-26(19-15-12-2)27(22-28(6,7)8)23-29(9,10)13-3/h24-27H,11-23H2,1-10H3. The molecule has 176 valence electrons. The van der Waals surface area contributed by atoms with Gasteiger partial charge in [-0.1, -0.05) is 140 Å². The van der Waals surface area contributed by atoms with E-state index in [0.29, 0.717) is 10.8 Å². The third-order valence-electron chi connectivity index (χ3n) is 7.51. The van der Waals surface area contributed by atoms with Crippen LogP contribution in [0.2, 0.25) is 0 Å². The van der Waals surface area contributed by atoms with Gasteiger partial charge in [-0.25, -0.2) is 0 Å². The third kappa shape index (κ3) is 14.6. The molecule has 3 unspecified atom stereocenters. The highest BCUT2D eigenvalue weighted by Crippen LogP contribution is 2.42. The fraction of sp³-hybridized carbons (Fsp3) is 1.00. The predicted octanol–water partition coefficient (Wildman–Crippen LogP) is 10.7. The Morgan fingerprint density at radius 3 is 1.41 bits per heavy atom. The van der Waals surface area contributed by atoms with Crippen molar-refractivity contribution in [1.82, 2.24) is 0 Å². The molecule has 0 aliphatic rings. The summed E-state index contributed by atoms with van der Waals surface area (Å²) in [5, 5.41) is 0. The minimum Gasteiger partial charge on any atom is -0.0654 e. The van der Waals surface area contributed by atoms with Gasteiger partial charge in [0, 0.05) is 0 Å². The Morgan fingerprint density at radius 1 is 0.552 bits per heavy atom. The van der Waals surface area contributed by atoms with E-state index in [4.69, 9.17) is 0 Å². The van der Waals surface area contributed by atoms with Crippen molar-refractivity contribution in [3.05, 3.63) is 0 Å². The fourth-order valence-electron chi connectivity index (χ4n) is 5.22. The van der Waals surface area contributed by atoms with E-state index in [0.717, 1.165) is 23.7 Å². The molecular weight excluding hydrogens is 348 g/mol. The lowest BCUT2D eigenvalue weighted by molar-refractivity contribution is 0.133. The van der Waals surface area contributed by atoms with Crippen LogP contribution in [0.15, 0.2) is 0 Å². The smallest absolute Gasteiger partial charge is 0.0354 e. The lowest BCUT2D eigenvalue weighted by Crippen LogP contribution is -2.27. The summed E-state index contributed by atoms with van der Waals surface area (Å²) in [6.45, 7) is 24.3. The van der Waals surface area contributed by atoms with Gasteiger partial charge < -0.3 is 0 Å². The highest BCUT2D eigenvalue weighted by atomic mass is 14.4. The average Bonchev–Trinajstić information content (AvgIpc) is 2.61. The van der Waals surface area contributed by atoms with Gasteiger partial charge in [-0.2, -0.15) is 0 Å². The van der Waals surface area contributed by atoms with Gasteiger partial charge in [-0.15, -0.1) is 0 Å². The van der Waals surface area contributed by atoms with E-state index in [-0.39, 0.29) is 0 Å². The molecule has 0 heteroatoms. The van der Waals surface area contributed by atoms with Crippen molar-refractivity contribution in [3.63, 3.8) is 0 Å². The molecule has 0 aromatic carbocycles. The van der Waals surface area contributed by atoms with E-state index in [1.54, 1.807) is 0 Å². The van der Waals surface area contributed by atoms with E-state index in [1.165, 1.54) is 83.5 Å². The third-order valence-corrected chi connectivity index (χ3v) is 7.51. The quantitative estimate of drug-likeness (QED) is 0.210. The van der Waals surface area contributed by atoms with Gasteiger partial charge >= 0.3 is 0 Å². The van der Waals surface area contributed by atoms with Crippen LogP contribution in [0.5, 0.6) is 0 Å². The summed E-state index contributed by atoms with van der Waals surface area (Å²) in [7, 11) is 0. The zero-order chi connectivity index (χ0) is 22.5. The maximum atomic E-state index is 2.50. The first-order valence-corrected chi connectivity index (χ1v) is 13.5. The van der Waals surface area contributed by atoms with Gasteiger partial charge in [0.05, 0.1) is 0 Å². The SMILES string of the molecule is CCCCC(CCCCC(CCCC)C(CC(C)(C)C)CC(C)(C)CC)C(C)C. The summed E-state index contributed by atoms with van der Waals surface area (Å²) < 4.78 is 0. The Balaban J connectivity index is 4.96. The Kier molecular flexibility index (Phi) is 14.9. The summed E-state index contributed by atoms with van der Waals surface area (Å²) in [5.41, 5.74) is 0.936. The normalized spacial score (nSPS) is 16.2. The van der Waals surface area contributed by atoms with Crippen LogP contribution in [0.1, 0.15) is 153 Å². The second kappa shape index (κ2) is 14.9. The van der Waals surface area contributed by atoms with E-state index in [2.05, 4.69) is 69.2 Å². The highest BCUT2D eigenvalue weighted by molar-refractivity contribution is 4.81. The molecule has 29 heavy (non-hydrogen) atoms. The van der Waals surface area contributed by atoms with E-state index < -0.39 is 0 Å². The molecule has 0 bridgehead atoms. The molecule has 0 nitrogen and oxygen atoms in total. The van der Waals surface area contributed by atoms with Crippen molar-refractivity contribution in [1.29, 1.82) is 0 Å². The highest BCUT2D eigenvalue weighted by Gasteiger charge is 2.30. The van der Waals surface area contributed by atoms with Crippen molar-refractivity contribution >= 4 is 0 Å². The Morgan fingerprint density at radius 2 is 1.00 bits per heavy atom. The first-order chi connectivity index (χ1) is 13.5. The van der Waals surface area contributed by atoms with Crippen LogP contribution >= 0.6 is 0 Å². The van der Waals surface area contributed by atoms with Crippen LogP contribution in [0.25, 0.3) is 0 Å². The monoisotopic (exact) mass is 408 g/mol. The molecule has 0 aromatic rings. The molecule has 0 amide bonds. The van der Waals surface area contributed by atoms with Crippen LogP contribution in [-0.2, 0) is 0 Å². The molecule has 0 aromatic heterocycles. The lowest BCUT2D eigenvalue weighted by Gasteiger charge is -2.38. The summed E-state index contributed by atoms with van der Waals surface area (Å²) in [4.78, 5) is 0. The van der Waals surface area contributed by atoms with Gasteiger partial charge in [0.15, 0.2) is 0 Å². The van der Waals surface area contributed by atoms with Gasteiger partial charge in [0.25, 0.3) is 0 Å². The summed E-state index contributed by atoms with van der Waals surface area (Å²) in [5.74, 6) is 3.65. The van der Waals surface area contributed by atoms with E-state index in [1.807, 2.05) is 0 Å². The number of hydrogen-bond donors (Lipinski definition) is 0. The molecule has 0 aliphatic carbocycles. The molecule has 3 atom stereocenters. The summed E-state index contributed by atoms with van der Waals surface area (Å²) in [6.07, 6.45) is 18.4. The van der Waals surface area contributed by atoms with E-state index in [9.17, 15) is 0 Å². The number of hydrogen-bond acceptors (Lipinski definition) is 0. The van der Waals surface area contributed by atoms with Crippen molar-refractivity contribution in [2.24, 2.45) is 34.5 Å². The molecule has 0 spiro atoms. The van der Waals surface area contributed by atoms with Gasteiger partial charge in [-0.05, 0) is 47.3 Å². The molecule has 0 fully saturated rings. The second-order valence-corrected chi connectivity index (χ2v) is 12.6. The van der Waals surface area contributed by atoms with Gasteiger partial charge in [-0.3, -0.25) is 0 Å². The minimum absolute atomic E-state index is 0.446. The average molecular weight is 409 g/mol. The number of unbranched alkanes of at least 4 members (excludes halogenated alkanes) is 3. The number of rotatable bonds is 17. The first-order valence-electron chi connectivity index (χ1n) is 13.5. The maximum absolute atomic E-state index is 2.50. The van der Waals surface area contributed by atoms with Crippen molar-refractivity contribution < 1.29 is 0 Å². The predicted molar refractivity (Wildman–Crippen MR) is 136 cm³/mol. The molecule has 0 aliphatic heterocycles. The Bertz CT molecular complexity index is 370. The van der Waals surface area contributed by atoms with Gasteiger partial charge in [0.2, 0.25) is 0 Å². The molecule has 0 radical (unpaired) electrons. The fourth-order valence-corrected chi connectivity index (χ4v) is 5.22. The topological polar surface area (TPSA) is 0 Å². The molecule has 0 heterocycles. The zero-order valence-electron chi connectivity index (χ0n) is 22.5. The van der Waals surface area contributed by atoms with Crippen molar-refractivity contribution in [3.8, 4) is 0 Å². The lowest BCUT2D eigenvalue weighted by atomic mass is 9.68. The van der Waals surface area contributed by atoms with Crippen molar-refractivity contribution in [2.45, 2.75) is 153 Å². The zero-order valence-corrected chi connectivity index (χ0v) is 22.5. The van der Waals surface area contributed by atoms with Crippen LogP contribution in [-0.4, -0.2) is 0 Å². The summed E-state index contributed by atoms with van der Waals surface area (Å²) in [6, 6.07) is 0. The van der Waals surface area contributed by atoms with Crippen LogP contribution < -0.4 is 0 Å². The van der Waals surface area contributed by atoms with Gasteiger partial charge in [0.1, 0.15) is 0 Å². The van der Waals surface area contributed by atoms with Crippen molar-refractivity contribution in [2.75, 3.05) is 0 Å². The molecular formula is C29H60. The molecule has 0 N–H and O–H groups in total. The maximum Gasteiger partial charge on any atom is -0.0354 e. The second-order valence-electron chi connectivity index (χ2n) is 12.6. The molecule has 0 rings (SSSR count). The Labute approximate surface area is 187 Å². The van der Waals surface area contributed by atoms with Crippen LogP contribution in [0, 0.1) is 34.5 Å². The summed E-state index contributed by atoms with van der Waals surface area (Å²) >= 11 is 0. The van der Waals surface area contributed by atoms with Crippen LogP contribution in [0.4, 0.5) is 0 Å². The minimum atomic E-state index is 0.446. The molecule has 0 saturated carbocycles. The van der Waals surface area contributed by atoms with Crippen LogP contribution in [0.3, 0.4) is 0 Å². The Hall–Kier alpha value is 0. The first kappa shape index (κ1) is 29.0. The van der Waals surface area contributed by atoms with E-state index >= 15 is 0 Å².